The Morgan fingerprint density at radius 2 is 2.33 bits per heavy atom. The standard InChI is InChI=1S/C15H25NOS/c1-13(17)12-14-6-3-2-4-9-16(14)10-8-15-7-5-11-18-15/h5,7,11,13-14,17H,2-4,6,8-10,12H2,1H3. The quantitative estimate of drug-likeness (QED) is 0.885. The lowest BCUT2D eigenvalue weighted by molar-refractivity contribution is 0.113. The van der Waals surface area contributed by atoms with Crippen LogP contribution in [0.5, 0.6) is 0 Å². The summed E-state index contributed by atoms with van der Waals surface area (Å²) in [5.74, 6) is 0. The van der Waals surface area contributed by atoms with Crippen LogP contribution in [0.15, 0.2) is 17.5 Å². The van der Waals surface area contributed by atoms with Gasteiger partial charge in [0.1, 0.15) is 0 Å². The second-order valence-electron chi connectivity index (χ2n) is 5.45. The maximum Gasteiger partial charge on any atom is 0.0527 e. The lowest BCUT2D eigenvalue weighted by Gasteiger charge is -2.30. The van der Waals surface area contributed by atoms with Gasteiger partial charge in [0.2, 0.25) is 0 Å². The van der Waals surface area contributed by atoms with E-state index in [9.17, 15) is 5.11 Å². The summed E-state index contributed by atoms with van der Waals surface area (Å²) >= 11 is 1.86. The Bertz CT molecular complexity index is 323. The molecule has 0 radical (unpaired) electrons. The molecule has 18 heavy (non-hydrogen) atoms. The number of nitrogens with zero attached hydrogens (tertiary/aromatic N) is 1. The number of aliphatic hydroxyl groups is 1. The van der Waals surface area contributed by atoms with Crippen LogP contribution >= 0.6 is 11.3 Å². The Balaban J connectivity index is 1.88. The summed E-state index contributed by atoms with van der Waals surface area (Å²) < 4.78 is 0. The van der Waals surface area contributed by atoms with Gasteiger partial charge in [-0.1, -0.05) is 18.9 Å². The summed E-state index contributed by atoms with van der Waals surface area (Å²) in [7, 11) is 0. The van der Waals surface area contributed by atoms with Gasteiger partial charge >= 0.3 is 0 Å². The summed E-state index contributed by atoms with van der Waals surface area (Å²) in [5.41, 5.74) is 0. The topological polar surface area (TPSA) is 23.5 Å². The summed E-state index contributed by atoms with van der Waals surface area (Å²) in [6.07, 6.45) is 7.19. The second-order valence-corrected chi connectivity index (χ2v) is 6.49. The minimum Gasteiger partial charge on any atom is -0.393 e. The summed E-state index contributed by atoms with van der Waals surface area (Å²) in [6, 6.07) is 4.95. The van der Waals surface area contributed by atoms with Crippen molar-refractivity contribution in [2.75, 3.05) is 13.1 Å². The normalized spacial score (nSPS) is 23.8. The Kier molecular flexibility index (Phi) is 5.67. The first-order chi connectivity index (χ1) is 8.75. The average Bonchev–Trinajstić information content (AvgIpc) is 2.75. The van der Waals surface area contributed by atoms with Crippen molar-refractivity contribution in [1.82, 2.24) is 4.90 Å². The maximum absolute atomic E-state index is 9.64. The Hall–Kier alpha value is -0.380. The monoisotopic (exact) mass is 267 g/mol. The molecule has 3 heteroatoms. The van der Waals surface area contributed by atoms with Gasteiger partial charge in [0, 0.05) is 17.5 Å². The van der Waals surface area contributed by atoms with E-state index in [2.05, 4.69) is 22.4 Å². The van der Waals surface area contributed by atoms with Gasteiger partial charge in [0.25, 0.3) is 0 Å². The molecular weight excluding hydrogens is 242 g/mol. The first kappa shape index (κ1) is 14.0. The van der Waals surface area contributed by atoms with Crippen molar-refractivity contribution < 1.29 is 5.11 Å². The number of thiophene rings is 1. The molecule has 0 spiro atoms. The molecule has 0 saturated carbocycles. The van der Waals surface area contributed by atoms with Gasteiger partial charge in [-0.2, -0.15) is 0 Å². The predicted octanol–water partition coefficient (Wildman–Crippen LogP) is 3.31. The maximum atomic E-state index is 9.64. The van der Waals surface area contributed by atoms with Crippen molar-refractivity contribution in [3.05, 3.63) is 22.4 Å². The molecule has 2 nitrogen and oxygen atoms in total. The zero-order valence-corrected chi connectivity index (χ0v) is 12.2. The van der Waals surface area contributed by atoms with E-state index in [1.54, 1.807) is 0 Å². The first-order valence-corrected chi connectivity index (χ1v) is 8.08. The second kappa shape index (κ2) is 7.27. The summed E-state index contributed by atoms with van der Waals surface area (Å²) in [6.45, 7) is 4.28. The van der Waals surface area contributed by atoms with Crippen LogP contribution in [0.25, 0.3) is 0 Å². The van der Waals surface area contributed by atoms with Gasteiger partial charge in [0.05, 0.1) is 6.10 Å². The molecule has 0 amide bonds. The van der Waals surface area contributed by atoms with Crippen LogP contribution in [0.4, 0.5) is 0 Å². The molecule has 1 aliphatic heterocycles. The van der Waals surface area contributed by atoms with E-state index in [1.165, 1.54) is 37.1 Å². The number of likely N-dealkylation sites (tertiary alicyclic amines) is 1. The largest absolute Gasteiger partial charge is 0.393 e. The van der Waals surface area contributed by atoms with E-state index in [0.29, 0.717) is 6.04 Å². The van der Waals surface area contributed by atoms with Crippen LogP contribution in [0.3, 0.4) is 0 Å². The lowest BCUT2D eigenvalue weighted by Crippen LogP contribution is -2.38. The van der Waals surface area contributed by atoms with E-state index in [-0.39, 0.29) is 6.10 Å². The summed E-state index contributed by atoms with van der Waals surface area (Å²) in [4.78, 5) is 4.09. The number of aliphatic hydroxyl groups excluding tert-OH is 1. The van der Waals surface area contributed by atoms with Crippen molar-refractivity contribution >= 4 is 11.3 Å². The highest BCUT2D eigenvalue weighted by atomic mass is 32.1. The van der Waals surface area contributed by atoms with Crippen LogP contribution in [0.2, 0.25) is 0 Å². The predicted molar refractivity (Wildman–Crippen MR) is 78.1 cm³/mol. The molecule has 1 aromatic rings. The average molecular weight is 267 g/mol. The third-order valence-corrected chi connectivity index (χ3v) is 4.77. The van der Waals surface area contributed by atoms with Gasteiger partial charge in [-0.05, 0) is 50.6 Å². The number of rotatable bonds is 5. The summed E-state index contributed by atoms with van der Waals surface area (Å²) in [5, 5.41) is 11.8. The molecule has 0 bridgehead atoms. The van der Waals surface area contributed by atoms with Crippen LogP contribution in [-0.2, 0) is 6.42 Å². The van der Waals surface area contributed by atoms with Crippen LogP contribution in [0.1, 0.15) is 43.9 Å². The molecule has 1 fully saturated rings. The Morgan fingerprint density at radius 3 is 3.06 bits per heavy atom. The van der Waals surface area contributed by atoms with E-state index < -0.39 is 0 Å². The molecule has 2 unspecified atom stereocenters. The fourth-order valence-electron chi connectivity index (χ4n) is 2.90. The SMILES string of the molecule is CC(O)CC1CCCCCN1CCc1cccs1. The molecule has 1 aromatic heterocycles. The van der Waals surface area contributed by atoms with E-state index in [1.807, 2.05) is 18.3 Å². The molecule has 2 heterocycles. The van der Waals surface area contributed by atoms with Gasteiger partial charge in [-0.15, -0.1) is 11.3 Å². The molecule has 0 aromatic carbocycles. The Labute approximate surface area is 115 Å². The van der Waals surface area contributed by atoms with E-state index >= 15 is 0 Å². The molecule has 2 rings (SSSR count). The third-order valence-electron chi connectivity index (χ3n) is 3.84. The highest BCUT2D eigenvalue weighted by Crippen LogP contribution is 2.21. The minimum absolute atomic E-state index is 0.169. The molecule has 0 aliphatic carbocycles. The van der Waals surface area contributed by atoms with Gasteiger partial charge in [-0.25, -0.2) is 0 Å². The van der Waals surface area contributed by atoms with Crippen molar-refractivity contribution in [3.8, 4) is 0 Å². The molecular formula is C15H25NOS. The van der Waals surface area contributed by atoms with Gasteiger partial charge < -0.3 is 5.11 Å². The van der Waals surface area contributed by atoms with E-state index in [0.717, 1.165) is 19.4 Å². The van der Waals surface area contributed by atoms with Crippen molar-refractivity contribution in [3.63, 3.8) is 0 Å². The minimum atomic E-state index is -0.169. The highest BCUT2D eigenvalue weighted by molar-refractivity contribution is 7.09. The van der Waals surface area contributed by atoms with Crippen LogP contribution in [0, 0.1) is 0 Å². The Morgan fingerprint density at radius 1 is 1.44 bits per heavy atom. The lowest BCUT2D eigenvalue weighted by atomic mass is 10.0. The first-order valence-electron chi connectivity index (χ1n) is 7.20. The number of hydrogen-bond donors (Lipinski definition) is 1. The van der Waals surface area contributed by atoms with Gasteiger partial charge in [-0.3, -0.25) is 4.90 Å². The zero-order valence-electron chi connectivity index (χ0n) is 11.3. The fourth-order valence-corrected chi connectivity index (χ4v) is 3.60. The molecule has 2 atom stereocenters. The van der Waals surface area contributed by atoms with Crippen molar-refractivity contribution in [1.29, 1.82) is 0 Å². The van der Waals surface area contributed by atoms with Crippen LogP contribution in [-0.4, -0.2) is 35.2 Å². The highest BCUT2D eigenvalue weighted by Gasteiger charge is 2.21. The van der Waals surface area contributed by atoms with Crippen molar-refractivity contribution in [2.45, 2.75) is 57.6 Å². The molecule has 102 valence electrons. The van der Waals surface area contributed by atoms with Crippen molar-refractivity contribution in [2.24, 2.45) is 0 Å². The number of hydrogen-bond acceptors (Lipinski definition) is 3. The fraction of sp³-hybridized carbons (Fsp3) is 0.733. The van der Waals surface area contributed by atoms with E-state index in [4.69, 9.17) is 0 Å². The third kappa shape index (κ3) is 4.38. The molecule has 1 saturated heterocycles. The molecule has 1 N–H and O–H groups in total. The van der Waals surface area contributed by atoms with Gasteiger partial charge in [0.15, 0.2) is 0 Å². The zero-order chi connectivity index (χ0) is 12.8. The molecule has 1 aliphatic rings. The smallest absolute Gasteiger partial charge is 0.0527 e. The van der Waals surface area contributed by atoms with Crippen LogP contribution < -0.4 is 0 Å².